The monoisotopic (exact) mass is 361 g/mol. The van der Waals surface area contributed by atoms with Gasteiger partial charge in [0.1, 0.15) is 0 Å². The van der Waals surface area contributed by atoms with Gasteiger partial charge in [0.25, 0.3) is 0 Å². The number of pyridine rings is 2. The molecule has 2 aliphatic rings. The van der Waals surface area contributed by atoms with Gasteiger partial charge in [0.15, 0.2) is 5.82 Å². The van der Waals surface area contributed by atoms with Gasteiger partial charge in [0, 0.05) is 32.5 Å². The van der Waals surface area contributed by atoms with Gasteiger partial charge in [-0.15, -0.1) is 0 Å². The first kappa shape index (κ1) is 15.8. The number of hydrogen-bond donors (Lipinski definition) is 1. The van der Waals surface area contributed by atoms with Crippen molar-refractivity contribution in [2.75, 3.05) is 28.2 Å². The first-order valence-electron chi connectivity index (χ1n) is 8.95. The third-order valence-electron chi connectivity index (χ3n) is 5.17. The predicted molar refractivity (Wildman–Crippen MR) is 103 cm³/mol. The summed E-state index contributed by atoms with van der Waals surface area (Å²) in [5, 5.41) is 7.17. The highest BCUT2D eigenvalue weighted by molar-refractivity contribution is 6.04. The molecule has 3 aromatic heterocycles. The molecule has 5 rings (SSSR count). The number of amides is 2. The van der Waals surface area contributed by atoms with Crippen LogP contribution in [0.1, 0.15) is 6.42 Å². The standard InChI is InChI=1S/C19H19N7O/c1-24-16(6-9-21-24)15-4-5-17-18(23-15)26(14-7-10-25(17)12-14)19(27)22-13-3-2-8-20-11-13/h2-6,8-9,11,14H,7,10,12H2,1H3,(H,22,27)/t14-/m0/s1. The molecule has 136 valence electrons. The lowest BCUT2D eigenvalue weighted by molar-refractivity contribution is 0.255. The Labute approximate surface area is 156 Å². The Morgan fingerprint density at radius 3 is 2.93 bits per heavy atom. The molecule has 2 amide bonds. The van der Waals surface area contributed by atoms with Crippen molar-refractivity contribution < 1.29 is 4.79 Å². The van der Waals surface area contributed by atoms with Gasteiger partial charge in [-0.3, -0.25) is 14.6 Å². The minimum Gasteiger partial charge on any atom is -0.366 e. The molecule has 0 spiro atoms. The van der Waals surface area contributed by atoms with E-state index in [9.17, 15) is 4.79 Å². The SMILES string of the molecule is Cn1nccc1-c1ccc2c(n1)N(C(=O)Nc1cccnc1)[C@H]1CCN2C1. The van der Waals surface area contributed by atoms with E-state index in [-0.39, 0.29) is 12.1 Å². The van der Waals surface area contributed by atoms with Gasteiger partial charge in [-0.1, -0.05) is 0 Å². The van der Waals surface area contributed by atoms with Crippen molar-refractivity contribution in [3.05, 3.63) is 48.9 Å². The fourth-order valence-electron chi connectivity index (χ4n) is 3.86. The molecule has 2 aliphatic heterocycles. The van der Waals surface area contributed by atoms with E-state index >= 15 is 0 Å². The summed E-state index contributed by atoms with van der Waals surface area (Å²) in [6, 6.07) is 9.54. The van der Waals surface area contributed by atoms with Crippen LogP contribution in [-0.2, 0) is 7.05 Å². The zero-order chi connectivity index (χ0) is 18.4. The Hall–Kier alpha value is -3.42. The Bertz CT molecular complexity index is 1000. The number of nitrogens with one attached hydrogen (secondary N) is 1. The Morgan fingerprint density at radius 2 is 2.15 bits per heavy atom. The molecule has 1 fully saturated rings. The molecule has 1 saturated heterocycles. The predicted octanol–water partition coefficient (Wildman–Crippen LogP) is 2.51. The quantitative estimate of drug-likeness (QED) is 0.759. The number of carbonyl (C=O) groups excluding carboxylic acids is 1. The second-order valence-electron chi connectivity index (χ2n) is 6.81. The number of carbonyl (C=O) groups is 1. The second-order valence-corrected chi connectivity index (χ2v) is 6.81. The van der Waals surface area contributed by atoms with Crippen molar-refractivity contribution in [2.24, 2.45) is 7.05 Å². The van der Waals surface area contributed by atoms with Crippen molar-refractivity contribution in [2.45, 2.75) is 12.5 Å². The Morgan fingerprint density at radius 1 is 1.22 bits per heavy atom. The largest absolute Gasteiger partial charge is 0.366 e. The molecule has 0 unspecified atom stereocenters. The lowest BCUT2D eigenvalue weighted by Gasteiger charge is -2.35. The molecule has 0 aliphatic carbocycles. The van der Waals surface area contributed by atoms with E-state index in [1.807, 2.05) is 25.2 Å². The van der Waals surface area contributed by atoms with Gasteiger partial charge in [-0.2, -0.15) is 5.10 Å². The fraction of sp³-hybridized carbons (Fsp3) is 0.263. The van der Waals surface area contributed by atoms with Gasteiger partial charge in [0.05, 0.1) is 35.0 Å². The van der Waals surface area contributed by atoms with Crippen molar-refractivity contribution in [1.29, 1.82) is 0 Å². The summed E-state index contributed by atoms with van der Waals surface area (Å²) >= 11 is 0. The van der Waals surface area contributed by atoms with Crippen LogP contribution in [0.5, 0.6) is 0 Å². The second kappa shape index (κ2) is 6.08. The zero-order valence-electron chi connectivity index (χ0n) is 14.9. The number of hydrogen-bond acceptors (Lipinski definition) is 5. The van der Waals surface area contributed by atoms with E-state index in [0.717, 1.165) is 36.6 Å². The number of anilines is 3. The molecule has 8 heteroatoms. The van der Waals surface area contributed by atoms with Crippen LogP contribution in [0.3, 0.4) is 0 Å². The molecule has 8 nitrogen and oxygen atoms in total. The van der Waals surface area contributed by atoms with Gasteiger partial charge >= 0.3 is 6.03 Å². The van der Waals surface area contributed by atoms with E-state index in [1.165, 1.54) is 0 Å². The minimum atomic E-state index is -0.176. The number of nitrogens with zero attached hydrogens (tertiary/aromatic N) is 6. The summed E-state index contributed by atoms with van der Waals surface area (Å²) < 4.78 is 1.78. The summed E-state index contributed by atoms with van der Waals surface area (Å²) in [5.41, 5.74) is 3.39. The van der Waals surface area contributed by atoms with E-state index in [2.05, 4.69) is 26.4 Å². The van der Waals surface area contributed by atoms with Crippen LogP contribution in [0.4, 0.5) is 22.0 Å². The topological polar surface area (TPSA) is 79.2 Å². The molecular formula is C19H19N7O. The molecule has 0 radical (unpaired) electrons. The van der Waals surface area contributed by atoms with Crippen LogP contribution < -0.4 is 15.1 Å². The molecule has 0 aromatic carbocycles. The average Bonchev–Trinajstić information content (AvgIpc) is 3.29. The number of aryl methyl sites for hydroxylation is 1. The normalized spacial score (nSPS) is 17.7. The summed E-state index contributed by atoms with van der Waals surface area (Å²) in [4.78, 5) is 26.1. The van der Waals surface area contributed by atoms with E-state index in [4.69, 9.17) is 4.98 Å². The van der Waals surface area contributed by atoms with Crippen LogP contribution in [0, 0.1) is 0 Å². The summed E-state index contributed by atoms with van der Waals surface area (Å²) in [7, 11) is 1.89. The Balaban J connectivity index is 1.55. The van der Waals surface area contributed by atoms with Gasteiger partial charge < -0.3 is 10.2 Å². The molecule has 0 saturated carbocycles. The van der Waals surface area contributed by atoms with Crippen molar-refractivity contribution in [3.8, 4) is 11.4 Å². The average molecular weight is 361 g/mol. The first-order chi connectivity index (χ1) is 13.2. The highest BCUT2D eigenvalue weighted by Gasteiger charge is 2.40. The van der Waals surface area contributed by atoms with Crippen LogP contribution in [0.2, 0.25) is 0 Å². The summed E-state index contributed by atoms with van der Waals surface area (Å²) in [5.74, 6) is 0.698. The number of urea groups is 1. The molecule has 5 heterocycles. The van der Waals surface area contributed by atoms with Gasteiger partial charge in [-0.05, 0) is 36.8 Å². The summed E-state index contributed by atoms with van der Waals surface area (Å²) in [6.45, 7) is 1.77. The van der Waals surface area contributed by atoms with Crippen molar-refractivity contribution in [1.82, 2.24) is 19.7 Å². The van der Waals surface area contributed by atoms with Crippen molar-refractivity contribution >= 4 is 23.2 Å². The molecule has 1 atom stereocenters. The van der Waals surface area contributed by atoms with Crippen LogP contribution in [-0.4, -0.2) is 44.9 Å². The maximum Gasteiger partial charge on any atom is 0.327 e. The molecule has 27 heavy (non-hydrogen) atoms. The third-order valence-corrected chi connectivity index (χ3v) is 5.17. The zero-order valence-corrected chi connectivity index (χ0v) is 14.9. The molecular weight excluding hydrogens is 342 g/mol. The smallest absolute Gasteiger partial charge is 0.327 e. The van der Waals surface area contributed by atoms with Crippen LogP contribution >= 0.6 is 0 Å². The lowest BCUT2D eigenvalue weighted by atomic mass is 10.1. The van der Waals surface area contributed by atoms with Crippen molar-refractivity contribution in [3.63, 3.8) is 0 Å². The number of aromatic nitrogens is 4. The third kappa shape index (κ3) is 2.61. The highest BCUT2D eigenvalue weighted by atomic mass is 16.2. The molecule has 1 N–H and O–H groups in total. The highest BCUT2D eigenvalue weighted by Crippen LogP contribution is 2.40. The maximum atomic E-state index is 13.1. The number of fused-ring (bicyclic) bond motifs is 4. The molecule has 3 aromatic rings. The minimum absolute atomic E-state index is 0.114. The maximum absolute atomic E-state index is 13.1. The van der Waals surface area contributed by atoms with Gasteiger partial charge in [0.2, 0.25) is 0 Å². The molecule has 2 bridgehead atoms. The van der Waals surface area contributed by atoms with Crippen LogP contribution in [0.15, 0.2) is 48.9 Å². The first-order valence-corrected chi connectivity index (χ1v) is 8.95. The fourth-order valence-corrected chi connectivity index (χ4v) is 3.86. The van der Waals surface area contributed by atoms with E-state index in [1.54, 1.807) is 34.2 Å². The van der Waals surface area contributed by atoms with E-state index in [0.29, 0.717) is 11.5 Å². The van der Waals surface area contributed by atoms with E-state index < -0.39 is 0 Å². The Kier molecular flexibility index (Phi) is 3.56. The summed E-state index contributed by atoms with van der Waals surface area (Å²) in [6.07, 6.45) is 6.00. The number of rotatable bonds is 2. The lowest BCUT2D eigenvalue weighted by Crippen LogP contribution is -2.48. The van der Waals surface area contributed by atoms with Crippen LogP contribution in [0.25, 0.3) is 11.4 Å². The van der Waals surface area contributed by atoms with Gasteiger partial charge in [-0.25, -0.2) is 9.78 Å².